The summed E-state index contributed by atoms with van der Waals surface area (Å²) in [6.07, 6.45) is 0.578. The molecule has 0 spiro atoms. The summed E-state index contributed by atoms with van der Waals surface area (Å²) in [5.74, 6) is -1.58. The number of Topliss-reactive ketones (excluding diaryl/α,β-unsaturated/α-hetero) is 1. The Morgan fingerprint density at radius 2 is 1.75 bits per heavy atom. The highest BCUT2D eigenvalue weighted by Crippen LogP contribution is 2.34. The van der Waals surface area contributed by atoms with E-state index in [1.54, 1.807) is 19.1 Å². The Bertz CT molecular complexity index is 1030. The quantitative estimate of drug-likeness (QED) is 0.564. The number of esters is 1. The number of hydrogen-bond acceptors (Lipinski definition) is 5. The SMILES string of the molecule is C[C@H](OC(=O)c1ccc2c(c1)C[C@H](C)N2S(C)(=O)=O)C(=O)c1ccc(F)cc1. The number of fused-ring (bicyclic) bond motifs is 1. The van der Waals surface area contributed by atoms with Gasteiger partial charge in [-0.3, -0.25) is 9.10 Å². The largest absolute Gasteiger partial charge is 0.451 e. The van der Waals surface area contributed by atoms with Gasteiger partial charge >= 0.3 is 5.97 Å². The predicted molar refractivity (Wildman–Crippen MR) is 103 cm³/mol. The van der Waals surface area contributed by atoms with Gasteiger partial charge in [-0.2, -0.15) is 0 Å². The zero-order valence-corrected chi connectivity index (χ0v) is 16.5. The van der Waals surface area contributed by atoms with Crippen molar-refractivity contribution in [2.45, 2.75) is 32.4 Å². The van der Waals surface area contributed by atoms with Gasteiger partial charge in [0.2, 0.25) is 15.8 Å². The van der Waals surface area contributed by atoms with Crippen molar-refractivity contribution in [3.8, 4) is 0 Å². The Kier molecular flexibility index (Phi) is 5.25. The van der Waals surface area contributed by atoms with Crippen LogP contribution in [-0.4, -0.2) is 38.6 Å². The van der Waals surface area contributed by atoms with Crippen molar-refractivity contribution < 1.29 is 27.1 Å². The maximum absolute atomic E-state index is 13.0. The molecule has 0 saturated heterocycles. The molecule has 0 N–H and O–H groups in total. The smallest absolute Gasteiger partial charge is 0.338 e. The van der Waals surface area contributed by atoms with Crippen LogP contribution >= 0.6 is 0 Å². The van der Waals surface area contributed by atoms with Crippen LogP contribution < -0.4 is 4.31 Å². The van der Waals surface area contributed by atoms with Crippen LogP contribution in [0.3, 0.4) is 0 Å². The number of ketones is 1. The Balaban J connectivity index is 1.76. The highest BCUT2D eigenvalue weighted by Gasteiger charge is 2.33. The van der Waals surface area contributed by atoms with Crippen molar-refractivity contribution in [1.82, 2.24) is 0 Å². The molecule has 148 valence electrons. The summed E-state index contributed by atoms with van der Waals surface area (Å²) in [6.45, 7) is 3.24. The second-order valence-electron chi connectivity index (χ2n) is 6.87. The van der Waals surface area contributed by atoms with Gasteiger partial charge in [0.1, 0.15) is 5.82 Å². The molecular weight excluding hydrogens is 385 g/mol. The number of hydrogen-bond donors (Lipinski definition) is 0. The molecule has 0 saturated carbocycles. The summed E-state index contributed by atoms with van der Waals surface area (Å²) in [6, 6.07) is 9.39. The van der Waals surface area contributed by atoms with Crippen LogP contribution in [0.5, 0.6) is 0 Å². The summed E-state index contributed by atoms with van der Waals surface area (Å²) in [5, 5.41) is 0. The minimum atomic E-state index is -3.42. The lowest BCUT2D eigenvalue weighted by Gasteiger charge is -2.22. The van der Waals surface area contributed by atoms with Gasteiger partial charge in [0, 0.05) is 11.6 Å². The second-order valence-corrected chi connectivity index (χ2v) is 8.73. The Morgan fingerprint density at radius 3 is 2.36 bits per heavy atom. The van der Waals surface area contributed by atoms with E-state index in [1.165, 1.54) is 29.4 Å². The molecule has 28 heavy (non-hydrogen) atoms. The van der Waals surface area contributed by atoms with Crippen molar-refractivity contribution >= 4 is 27.5 Å². The van der Waals surface area contributed by atoms with E-state index in [0.29, 0.717) is 12.1 Å². The fourth-order valence-corrected chi connectivity index (χ4v) is 4.63. The van der Waals surface area contributed by atoms with Crippen molar-refractivity contribution in [2.24, 2.45) is 0 Å². The molecule has 1 aliphatic rings. The molecule has 0 aromatic heterocycles. The van der Waals surface area contributed by atoms with Crippen molar-refractivity contribution in [1.29, 1.82) is 0 Å². The van der Waals surface area contributed by atoms with E-state index >= 15 is 0 Å². The van der Waals surface area contributed by atoms with Crippen LogP contribution in [0, 0.1) is 5.82 Å². The number of anilines is 1. The summed E-state index contributed by atoms with van der Waals surface area (Å²) in [5.41, 5.74) is 1.75. The molecule has 2 atom stereocenters. The monoisotopic (exact) mass is 405 g/mol. The van der Waals surface area contributed by atoms with E-state index in [4.69, 9.17) is 4.74 Å². The van der Waals surface area contributed by atoms with Crippen LogP contribution in [-0.2, 0) is 21.2 Å². The molecule has 0 fully saturated rings. The lowest BCUT2D eigenvalue weighted by molar-refractivity contribution is 0.0318. The molecule has 0 bridgehead atoms. The average Bonchev–Trinajstić information content (AvgIpc) is 2.96. The zero-order chi connectivity index (χ0) is 20.6. The number of benzene rings is 2. The summed E-state index contributed by atoms with van der Waals surface area (Å²) in [4.78, 5) is 24.8. The highest BCUT2D eigenvalue weighted by molar-refractivity contribution is 7.92. The van der Waals surface area contributed by atoms with E-state index in [2.05, 4.69) is 0 Å². The fraction of sp³-hybridized carbons (Fsp3) is 0.300. The van der Waals surface area contributed by atoms with Crippen LogP contribution in [0.25, 0.3) is 0 Å². The molecule has 0 radical (unpaired) electrons. The lowest BCUT2D eigenvalue weighted by atomic mass is 10.1. The minimum absolute atomic E-state index is 0.236. The van der Waals surface area contributed by atoms with Crippen LogP contribution in [0.15, 0.2) is 42.5 Å². The average molecular weight is 405 g/mol. The van der Waals surface area contributed by atoms with Crippen LogP contribution in [0.4, 0.5) is 10.1 Å². The third-order valence-electron chi connectivity index (χ3n) is 4.61. The molecule has 1 aliphatic heterocycles. The minimum Gasteiger partial charge on any atom is -0.451 e. The number of carbonyl (C=O) groups is 2. The number of sulfonamides is 1. The normalized spacial score (nSPS) is 17.1. The molecular formula is C20H20FNO5S. The molecule has 0 unspecified atom stereocenters. The van der Waals surface area contributed by atoms with Crippen LogP contribution in [0.2, 0.25) is 0 Å². The first kappa shape index (κ1) is 20.0. The molecule has 3 rings (SSSR count). The number of rotatable bonds is 5. The van der Waals surface area contributed by atoms with Gasteiger partial charge in [-0.25, -0.2) is 17.6 Å². The topological polar surface area (TPSA) is 80.8 Å². The van der Waals surface area contributed by atoms with E-state index in [0.717, 1.165) is 24.0 Å². The Hall–Kier alpha value is -2.74. The van der Waals surface area contributed by atoms with Gasteiger partial charge < -0.3 is 4.74 Å². The van der Waals surface area contributed by atoms with Gasteiger partial charge in [-0.15, -0.1) is 0 Å². The van der Waals surface area contributed by atoms with E-state index < -0.39 is 33.7 Å². The highest BCUT2D eigenvalue weighted by atomic mass is 32.2. The molecule has 1 heterocycles. The lowest BCUT2D eigenvalue weighted by Crippen LogP contribution is -2.34. The fourth-order valence-electron chi connectivity index (χ4n) is 3.37. The second kappa shape index (κ2) is 7.35. The molecule has 2 aromatic rings. The van der Waals surface area contributed by atoms with Gasteiger partial charge in [0.15, 0.2) is 6.10 Å². The molecule has 2 aromatic carbocycles. The first-order valence-electron chi connectivity index (χ1n) is 8.71. The third-order valence-corrected chi connectivity index (χ3v) is 5.88. The number of ether oxygens (including phenoxy) is 1. The Morgan fingerprint density at radius 1 is 1.14 bits per heavy atom. The maximum atomic E-state index is 13.0. The van der Waals surface area contributed by atoms with Gasteiger partial charge in [-0.05, 0) is 68.3 Å². The van der Waals surface area contributed by atoms with E-state index in [9.17, 15) is 22.4 Å². The molecule has 6 nitrogen and oxygen atoms in total. The molecule has 8 heteroatoms. The zero-order valence-electron chi connectivity index (χ0n) is 15.7. The first-order valence-corrected chi connectivity index (χ1v) is 10.6. The van der Waals surface area contributed by atoms with Crippen molar-refractivity contribution in [2.75, 3.05) is 10.6 Å². The maximum Gasteiger partial charge on any atom is 0.338 e. The van der Waals surface area contributed by atoms with E-state index in [1.807, 2.05) is 0 Å². The summed E-state index contributed by atoms with van der Waals surface area (Å²) in [7, 11) is -3.42. The Labute approximate surface area is 163 Å². The van der Waals surface area contributed by atoms with Crippen LogP contribution in [0.1, 0.15) is 40.1 Å². The third kappa shape index (κ3) is 3.91. The first-order chi connectivity index (χ1) is 13.1. The molecule has 0 aliphatic carbocycles. The number of halogens is 1. The van der Waals surface area contributed by atoms with Crippen molar-refractivity contribution in [3.63, 3.8) is 0 Å². The predicted octanol–water partition coefficient (Wildman–Crippen LogP) is 2.96. The number of nitrogens with zero attached hydrogens (tertiary/aromatic N) is 1. The molecule has 0 amide bonds. The van der Waals surface area contributed by atoms with Gasteiger partial charge in [0.05, 0.1) is 17.5 Å². The standard InChI is InChI=1S/C20H20FNO5S/c1-12-10-16-11-15(6-9-18(16)22(12)28(3,25)26)20(24)27-13(2)19(23)14-4-7-17(21)8-5-14/h4-9,11-13H,10H2,1-3H3/t12-,13-/m0/s1. The summed E-state index contributed by atoms with van der Waals surface area (Å²) < 4.78 is 43.5. The van der Waals surface area contributed by atoms with Gasteiger partial charge in [0.25, 0.3) is 0 Å². The van der Waals surface area contributed by atoms with Crippen molar-refractivity contribution in [3.05, 3.63) is 65.0 Å². The summed E-state index contributed by atoms with van der Waals surface area (Å²) >= 11 is 0. The van der Waals surface area contributed by atoms with Gasteiger partial charge in [-0.1, -0.05) is 0 Å². The number of carbonyl (C=O) groups excluding carboxylic acids is 2. The van der Waals surface area contributed by atoms with E-state index in [-0.39, 0.29) is 17.2 Å².